The van der Waals surface area contributed by atoms with E-state index in [1.807, 2.05) is 0 Å². The van der Waals surface area contributed by atoms with Crippen LogP contribution in [0, 0.1) is 16.0 Å². The summed E-state index contributed by atoms with van der Waals surface area (Å²) in [4.78, 5) is 23.8. The quantitative estimate of drug-likeness (QED) is 0.493. The van der Waals surface area contributed by atoms with Gasteiger partial charge in [-0.3, -0.25) is 14.9 Å². The molecule has 0 radical (unpaired) electrons. The largest absolute Gasteiger partial charge is 0.414 e. The maximum Gasteiger partial charge on any atom is 0.414 e. The summed E-state index contributed by atoms with van der Waals surface area (Å²) in [6, 6.07) is 3.63. The van der Waals surface area contributed by atoms with Gasteiger partial charge >= 0.3 is 6.18 Å². The van der Waals surface area contributed by atoms with Crippen LogP contribution >= 0.6 is 0 Å². The number of piperidine rings is 1. The van der Waals surface area contributed by atoms with Gasteiger partial charge in [0, 0.05) is 24.7 Å². The number of nitrogens with two attached hydrogens (primary N) is 1. The van der Waals surface area contributed by atoms with Crippen LogP contribution in [0.5, 0.6) is 0 Å². The van der Waals surface area contributed by atoms with E-state index in [9.17, 15) is 33.2 Å². The van der Waals surface area contributed by atoms with E-state index in [1.165, 1.54) is 17.0 Å². The Morgan fingerprint density at radius 2 is 1.96 bits per heavy atom. The summed E-state index contributed by atoms with van der Waals surface area (Å²) in [5.41, 5.74) is 5.03. The summed E-state index contributed by atoms with van der Waals surface area (Å²) >= 11 is 0. The highest BCUT2D eigenvalue weighted by molar-refractivity contribution is 5.95. The van der Waals surface area contributed by atoms with E-state index >= 15 is 0 Å². The number of nitrogens with zero attached hydrogens (tertiary/aromatic N) is 2. The number of likely N-dealkylation sites (tertiary alicyclic amines) is 1. The first kappa shape index (κ1) is 18.0. The molecule has 1 aromatic carbocycles. The van der Waals surface area contributed by atoms with Gasteiger partial charge in [0.1, 0.15) is 5.69 Å². The fourth-order valence-corrected chi connectivity index (χ4v) is 2.70. The molecular weight excluding hydrogens is 331 g/mol. The van der Waals surface area contributed by atoms with Crippen molar-refractivity contribution in [1.82, 2.24) is 4.90 Å². The number of halogens is 3. The Labute approximate surface area is 135 Å². The predicted molar refractivity (Wildman–Crippen MR) is 78.2 cm³/mol. The molecule has 1 heterocycles. The lowest BCUT2D eigenvalue weighted by Crippen LogP contribution is -2.45. The molecule has 1 amide bonds. The SMILES string of the molecule is Nc1ccc(C(=O)N2CCC(C(O)C(F)(F)F)CC2)cc1[N+](=O)[O-]. The van der Waals surface area contributed by atoms with Crippen LogP contribution in [0.3, 0.4) is 0 Å². The molecule has 2 rings (SSSR count). The third kappa shape index (κ3) is 3.75. The van der Waals surface area contributed by atoms with Gasteiger partial charge in [0.25, 0.3) is 11.6 Å². The number of nitrogen functional groups attached to an aromatic ring is 1. The number of benzene rings is 1. The molecule has 10 heteroatoms. The number of nitro benzene ring substituents is 1. The molecule has 0 bridgehead atoms. The van der Waals surface area contributed by atoms with E-state index in [0.29, 0.717) is 0 Å². The van der Waals surface area contributed by atoms with Gasteiger partial charge in [-0.2, -0.15) is 13.2 Å². The van der Waals surface area contributed by atoms with E-state index in [-0.39, 0.29) is 37.2 Å². The topological polar surface area (TPSA) is 110 Å². The van der Waals surface area contributed by atoms with Crippen LogP contribution in [0.15, 0.2) is 18.2 Å². The molecule has 1 aliphatic rings. The van der Waals surface area contributed by atoms with E-state index in [1.54, 1.807) is 0 Å². The third-order valence-electron chi connectivity index (χ3n) is 4.08. The van der Waals surface area contributed by atoms with Gasteiger partial charge in [0.05, 0.1) is 4.92 Å². The number of alkyl halides is 3. The lowest BCUT2D eigenvalue weighted by atomic mass is 9.90. The van der Waals surface area contributed by atoms with Crippen LogP contribution < -0.4 is 5.73 Å². The van der Waals surface area contributed by atoms with Crippen molar-refractivity contribution in [2.75, 3.05) is 18.8 Å². The highest BCUT2D eigenvalue weighted by Gasteiger charge is 2.44. The minimum absolute atomic E-state index is 0.00345. The van der Waals surface area contributed by atoms with Crippen LogP contribution in [0.1, 0.15) is 23.2 Å². The molecule has 7 nitrogen and oxygen atoms in total. The number of amides is 1. The average molecular weight is 347 g/mol. The Kier molecular flexibility index (Phi) is 4.97. The molecule has 132 valence electrons. The molecule has 0 spiro atoms. The monoisotopic (exact) mass is 347 g/mol. The molecule has 24 heavy (non-hydrogen) atoms. The van der Waals surface area contributed by atoms with Gasteiger partial charge in [-0.1, -0.05) is 0 Å². The van der Waals surface area contributed by atoms with Gasteiger partial charge in [0.2, 0.25) is 0 Å². The zero-order valence-electron chi connectivity index (χ0n) is 12.5. The first-order valence-corrected chi connectivity index (χ1v) is 7.19. The maximum atomic E-state index is 12.5. The molecule has 1 unspecified atom stereocenters. The lowest BCUT2D eigenvalue weighted by Gasteiger charge is -2.34. The van der Waals surface area contributed by atoms with E-state index in [4.69, 9.17) is 5.73 Å². The Morgan fingerprint density at radius 1 is 1.38 bits per heavy atom. The van der Waals surface area contributed by atoms with Crippen LogP contribution in [0.4, 0.5) is 24.5 Å². The Morgan fingerprint density at radius 3 is 2.46 bits per heavy atom. The number of carbonyl (C=O) groups excluding carboxylic acids is 1. The molecule has 0 aromatic heterocycles. The smallest absolute Gasteiger partial charge is 0.393 e. The second-order valence-corrected chi connectivity index (χ2v) is 5.65. The molecule has 1 saturated heterocycles. The van der Waals surface area contributed by atoms with Crippen molar-refractivity contribution in [3.8, 4) is 0 Å². The Hall–Kier alpha value is -2.36. The van der Waals surface area contributed by atoms with Gasteiger partial charge in [-0.15, -0.1) is 0 Å². The molecule has 1 aliphatic heterocycles. The predicted octanol–water partition coefficient (Wildman–Crippen LogP) is 1.95. The van der Waals surface area contributed by atoms with Gasteiger partial charge in [-0.25, -0.2) is 0 Å². The first-order chi connectivity index (χ1) is 11.1. The van der Waals surface area contributed by atoms with Gasteiger partial charge < -0.3 is 15.7 Å². The molecule has 1 fully saturated rings. The van der Waals surface area contributed by atoms with Crippen molar-refractivity contribution < 1.29 is 28.0 Å². The third-order valence-corrected chi connectivity index (χ3v) is 4.08. The zero-order valence-corrected chi connectivity index (χ0v) is 12.5. The number of hydrogen-bond donors (Lipinski definition) is 2. The highest BCUT2D eigenvalue weighted by atomic mass is 19.4. The van der Waals surface area contributed by atoms with Crippen molar-refractivity contribution in [2.24, 2.45) is 5.92 Å². The minimum atomic E-state index is -4.69. The van der Waals surface area contributed by atoms with E-state index in [0.717, 1.165) is 6.07 Å². The van der Waals surface area contributed by atoms with Crippen LogP contribution in [-0.4, -0.2) is 46.2 Å². The molecule has 1 aromatic rings. The number of aliphatic hydroxyl groups excluding tert-OH is 1. The summed E-state index contributed by atoms with van der Waals surface area (Å²) in [5.74, 6) is -1.48. The summed E-state index contributed by atoms with van der Waals surface area (Å²) in [7, 11) is 0. The number of rotatable bonds is 3. The zero-order chi connectivity index (χ0) is 18.1. The van der Waals surface area contributed by atoms with Crippen molar-refractivity contribution in [2.45, 2.75) is 25.1 Å². The summed E-state index contributed by atoms with van der Waals surface area (Å²) in [6.07, 6.45) is -7.09. The number of carbonyl (C=O) groups is 1. The number of anilines is 1. The number of aliphatic hydroxyl groups is 1. The van der Waals surface area contributed by atoms with Crippen LogP contribution in [0.2, 0.25) is 0 Å². The molecule has 3 N–H and O–H groups in total. The van der Waals surface area contributed by atoms with Crippen LogP contribution in [0.25, 0.3) is 0 Å². The second kappa shape index (κ2) is 6.63. The normalized spacial score (nSPS) is 17.6. The average Bonchev–Trinajstić information content (AvgIpc) is 2.53. The van der Waals surface area contributed by atoms with Crippen LogP contribution in [-0.2, 0) is 0 Å². The number of hydrogen-bond acceptors (Lipinski definition) is 5. The van der Waals surface area contributed by atoms with Crippen molar-refractivity contribution >= 4 is 17.3 Å². The fraction of sp³-hybridized carbons (Fsp3) is 0.500. The highest BCUT2D eigenvalue weighted by Crippen LogP contribution is 2.32. The van der Waals surface area contributed by atoms with Crippen molar-refractivity contribution in [3.63, 3.8) is 0 Å². The molecule has 0 saturated carbocycles. The molecule has 1 atom stereocenters. The standard InChI is InChI=1S/C14H16F3N3O4/c15-14(16,17)12(21)8-3-5-19(6-4-8)13(22)9-1-2-10(18)11(7-9)20(23)24/h1-2,7-8,12,21H,3-6,18H2. The van der Waals surface area contributed by atoms with E-state index < -0.39 is 34.7 Å². The van der Waals surface area contributed by atoms with Gasteiger partial charge in [0.15, 0.2) is 6.10 Å². The summed E-state index contributed by atoms with van der Waals surface area (Å²) in [6.45, 7) is 0.0730. The van der Waals surface area contributed by atoms with Crippen molar-refractivity contribution in [1.29, 1.82) is 0 Å². The Balaban J connectivity index is 2.06. The lowest BCUT2D eigenvalue weighted by molar-refractivity contribution is -0.383. The summed E-state index contributed by atoms with van der Waals surface area (Å²) in [5, 5.41) is 20.1. The minimum Gasteiger partial charge on any atom is -0.393 e. The first-order valence-electron chi connectivity index (χ1n) is 7.19. The summed E-state index contributed by atoms with van der Waals surface area (Å²) < 4.78 is 37.5. The van der Waals surface area contributed by atoms with E-state index in [2.05, 4.69) is 0 Å². The Bertz CT molecular complexity index is 643. The fourth-order valence-electron chi connectivity index (χ4n) is 2.70. The number of nitro groups is 1. The molecular formula is C14H16F3N3O4. The van der Waals surface area contributed by atoms with Gasteiger partial charge in [-0.05, 0) is 30.9 Å². The maximum absolute atomic E-state index is 12.5. The second-order valence-electron chi connectivity index (χ2n) is 5.65. The van der Waals surface area contributed by atoms with Crippen molar-refractivity contribution in [3.05, 3.63) is 33.9 Å². The molecule has 0 aliphatic carbocycles.